The average molecular weight is 733 g/mol. The van der Waals surface area contributed by atoms with E-state index in [0.717, 1.165) is 66.9 Å². The van der Waals surface area contributed by atoms with Crippen molar-refractivity contribution in [3.63, 3.8) is 0 Å². The topological polar surface area (TPSA) is 74.8 Å². The van der Waals surface area contributed by atoms with Gasteiger partial charge in [0.25, 0.3) is 0 Å². The molecule has 0 saturated heterocycles. The molecule has 3 aliphatic rings. The first-order chi connectivity index (χ1) is 22.5. The normalized spacial score (nSPS) is 16.8. The van der Waals surface area contributed by atoms with E-state index in [-0.39, 0.29) is 35.5 Å². The number of hydrogen-bond acceptors (Lipinski definition) is 4. The summed E-state index contributed by atoms with van der Waals surface area (Å²) in [4.78, 5) is 59.6. The molecule has 0 saturated carbocycles. The second-order valence-corrected chi connectivity index (χ2v) is 27.1. The molecule has 47 heavy (non-hydrogen) atoms. The Morgan fingerprint density at radius 2 is 0.915 bits per heavy atom. The summed E-state index contributed by atoms with van der Waals surface area (Å²) in [6.07, 6.45) is 4.34. The van der Waals surface area contributed by atoms with Gasteiger partial charge in [-0.15, -0.1) is 0 Å². The van der Waals surface area contributed by atoms with Crippen LogP contribution >= 0.6 is 0 Å². The van der Waals surface area contributed by atoms with E-state index in [1.165, 1.54) is 27.7 Å². The van der Waals surface area contributed by atoms with E-state index in [4.69, 9.17) is 0 Å². The van der Waals surface area contributed by atoms with Crippen molar-refractivity contribution >= 4 is 92.3 Å². The maximum atomic E-state index is 14.4. The Labute approximate surface area is 279 Å². The maximum absolute atomic E-state index is 14.4. The molecule has 0 atom stereocenters. The zero-order valence-electron chi connectivity index (χ0n) is 28.3. The summed E-state index contributed by atoms with van der Waals surface area (Å²) in [6, 6.07) is 12.3. The number of nitrogens with zero attached hydrogens (tertiary/aromatic N) is 2. The van der Waals surface area contributed by atoms with Crippen molar-refractivity contribution < 1.29 is 19.2 Å². The molecule has 0 aliphatic carbocycles. The van der Waals surface area contributed by atoms with Crippen LogP contribution in [-0.2, 0) is 0 Å². The molecule has 0 radical (unpaired) electrons. The van der Waals surface area contributed by atoms with E-state index in [0.29, 0.717) is 35.3 Å². The van der Waals surface area contributed by atoms with Gasteiger partial charge in [-0.05, 0) is 0 Å². The second-order valence-electron chi connectivity index (χ2n) is 15.0. The van der Waals surface area contributed by atoms with E-state index in [1.807, 2.05) is 39.8 Å². The Morgan fingerprint density at radius 3 is 1.28 bits per heavy atom. The SMILES string of the molecule is CCC[CH2][Sn]1([CH2]CCC)[c]2cc3c4c(ccc5c6ccc7c8c(c[c]1c(c2c45)c86)C(=O)N(CC(C)C)C7=O)C(=O)N(CC(C)C)C3=O. The van der Waals surface area contributed by atoms with Crippen LogP contribution in [0.15, 0.2) is 36.4 Å². The van der Waals surface area contributed by atoms with E-state index in [1.54, 1.807) is 0 Å². The van der Waals surface area contributed by atoms with E-state index in [2.05, 4.69) is 38.1 Å². The fraction of sp³-hybridized carbons (Fsp3) is 0.400. The van der Waals surface area contributed by atoms with Gasteiger partial charge in [0.05, 0.1) is 0 Å². The van der Waals surface area contributed by atoms with Crippen molar-refractivity contribution in [3.05, 3.63) is 58.7 Å². The molecule has 6 nitrogen and oxygen atoms in total. The number of rotatable bonds is 10. The zero-order valence-corrected chi connectivity index (χ0v) is 31.2. The minimum atomic E-state index is -3.60. The first kappa shape index (κ1) is 30.8. The number of carbonyl (C=O) groups is 4. The number of hydrogen-bond donors (Lipinski definition) is 0. The van der Waals surface area contributed by atoms with Gasteiger partial charge in [-0.3, -0.25) is 0 Å². The van der Waals surface area contributed by atoms with Gasteiger partial charge >= 0.3 is 281 Å². The van der Waals surface area contributed by atoms with E-state index < -0.39 is 18.4 Å². The summed E-state index contributed by atoms with van der Waals surface area (Å²) in [6.45, 7) is 13.4. The molecule has 0 unspecified atom stereocenters. The Kier molecular flexibility index (Phi) is 7.04. The molecule has 0 N–H and O–H groups in total. The van der Waals surface area contributed by atoms with Crippen molar-refractivity contribution in [3.8, 4) is 0 Å². The van der Waals surface area contributed by atoms with Gasteiger partial charge in [0.2, 0.25) is 0 Å². The van der Waals surface area contributed by atoms with Crippen LogP contribution in [0.4, 0.5) is 0 Å². The van der Waals surface area contributed by atoms with Crippen LogP contribution in [0.5, 0.6) is 0 Å². The summed E-state index contributed by atoms with van der Waals surface area (Å²) >= 11 is -3.60. The van der Waals surface area contributed by atoms with Gasteiger partial charge in [-0.25, -0.2) is 0 Å². The third-order valence-corrected chi connectivity index (χ3v) is 26.1. The molecule has 0 fully saturated rings. The van der Waals surface area contributed by atoms with Crippen molar-refractivity contribution in [1.29, 1.82) is 0 Å². The zero-order chi connectivity index (χ0) is 33.1. The third kappa shape index (κ3) is 3.97. The van der Waals surface area contributed by atoms with Crippen molar-refractivity contribution in [2.75, 3.05) is 13.1 Å². The number of imide groups is 2. The number of carbonyl (C=O) groups excluding carboxylic acids is 4. The van der Waals surface area contributed by atoms with Crippen molar-refractivity contribution in [2.45, 2.75) is 76.1 Å². The quantitative estimate of drug-likeness (QED) is 0.0638. The van der Waals surface area contributed by atoms with E-state index in [9.17, 15) is 19.2 Å². The van der Waals surface area contributed by atoms with Gasteiger partial charge in [0, 0.05) is 0 Å². The van der Waals surface area contributed by atoms with Gasteiger partial charge in [0.15, 0.2) is 0 Å². The fourth-order valence-electron chi connectivity index (χ4n) is 9.14. The molecule has 7 heteroatoms. The summed E-state index contributed by atoms with van der Waals surface area (Å²) in [7, 11) is 0. The van der Waals surface area contributed by atoms with Crippen molar-refractivity contribution in [2.24, 2.45) is 11.8 Å². The standard InChI is InChI=1S/C32H24N2O4.2C4H9.Sn/c1-15(2)13-33-29(35)21-9-5-17-19-7-11-23-28-24(32(38)34(31(23)37)14-16(3)4)12-8-20(26(19)28)18-6-10-22(30(33)36)27(21)25(17)18;2*1-3-4-2;/h5,7,9-12,15-16H,13-14H2,1-4H3;2*1,3-4H2,2H3;. The minimum absolute atomic E-state index is 0.155. The molecular weight excluding hydrogens is 691 g/mol. The molecule has 3 heterocycles. The first-order valence-electron chi connectivity index (χ1n) is 17.6. The van der Waals surface area contributed by atoms with Crippen LogP contribution in [0.1, 0.15) is 109 Å². The van der Waals surface area contributed by atoms with Gasteiger partial charge in [-0.1, -0.05) is 0 Å². The fourth-order valence-corrected chi connectivity index (χ4v) is 25.8. The number of amides is 4. The van der Waals surface area contributed by atoms with Crippen LogP contribution in [0.2, 0.25) is 8.87 Å². The molecule has 4 amide bonds. The molecule has 240 valence electrons. The Morgan fingerprint density at radius 1 is 0.532 bits per heavy atom. The predicted octanol–water partition coefficient (Wildman–Crippen LogP) is 7.72. The van der Waals surface area contributed by atoms with Crippen LogP contribution in [0.25, 0.3) is 43.1 Å². The first-order valence-corrected chi connectivity index (χ1v) is 24.5. The predicted molar refractivity (Wildman–Crippen MR) is 193 cm³/mol. The van der Waals surface area contributed by atoms with Crippen LogP contribution in [0, 0.1) is 11.8 Å². The molecule has 5 aromatic rings. The summed E-state index contributed by atoms with van der Waals surface area (Å²) < 4.78 is 4.93. The van der Waals surface area contributed by atoms with Crippen LogP contribution in [-0.4, -0.2) is 64.9 Å². The number of fused-ring (bicyclic) bond motifs is 1. The number of benzene rings is 5. The van der Waals surface area contributed by atoms with Crippen LogP contribution < -0.4 is 7.16 Å². The molecule has 0 bridgehead atoms. The Balaban J connectivity index is 1.57. The summed E-state index contributed by atoms with van der Waals surface area (Å²) in [5.74, 6) is -0.499. The summed E-state index contributed by atoms with van der Waals surface area (Å²) in [5.41, 5.74) is 2.52. The van der Waals surface area contributed by atoms with Gasteiger partial charge in [0.1, 0.15) is 0 Å². The second kappa shape index (κ2) is 10.7. The van der Waals surface area contributed by atoms with Crippen LogP contribution in [0.3, 0.4) is 0 Å². The molecule has 8 rings (SSSR count). The Hall–Kier alpha value is -3.52. The monoisotopic (exact) mass is 734 g/mol. The third-order valence-electron chi connectivity index (χ3n) is 11.0. The molecule has 0 spiro atoms. The summed E-state index contributed by atoms with van der Waals surface area (Å²) in [5, 5.41) is 8.00. The molecular formula is C40H42N2O4Sn. The molecule has 0 aromatic heterocycles. The van der Waals surface area contributed by atoms with E-state index >= 15 is 0 Å². The average Bonchev–Trinajstić information content (AvgIpc) is 3.32. The number of unbranched alkanes of at least 4 members (excludes halogenated alkanes) is 2. The van der Waals surface area contributed by atoms with Crippen molar-refractivity contribution in [1.82, 2.24) is 9.80 Å². The molecule has 3 aliphatic heterocycles. The molecule has 5 aromatic carbocycles. The van der Waals surface area contributed by atoms with Gasteiger partial charge < -0.3 is 0 Å². The Bertz CT molecular complexity index is 2070. The van der Waals surface area contributed by atoms with Gasteiger partial charge in [-0.2, -0.15) is 0 Å².